The minimum Gasteiger partial charge on any atom is -0.486 e. The van der Waals surface area contributed by atoms with Crippen molar-refractivity contribution in [3.8, 4) is 5.75 Å². The van der Waals surface area contributed by atoms with E-state index in [0.717, 1.165) is 16.3 Å². The quantitative estimate of drug-likeness (QED) is 0.358. The summed E-state index contributed by atoms with van der Waals surface area (Å²) in [5.74, 6) is -0.0444. The van der Waals surface area contributed by atoms with Crippen LogP contribution in [0.3, 0.4) is 0 Å². The summed E-state index contributed by atoms with van der Waals surface area (Å²) >= 11 is 0. The van der Waals surface area contributed by atoms with Crippen LogP contribution >= 0.6 is 0 Å². The summed E-state index contributed by atoms with van der Waals surface area (Å²) < 4.78 is 11.5. The van der Waals surface area contributed by atoms with Gasteiger partial charge < -0.3 is 19.6 Å². The van der Waals surface area contributed by atoms with E-state index in [1.165, 1.54) is 0 Å². The van der Waals surface area contributed by atoms with Gasteiger partial charge in [0.25, 0.3) is 0 Å². The van der Waals surface area contributed by atoms with E-state index in [2.05, 4.69) is 5.32 Å². The van der Waals surface area contributed by atoms with Gasteiger partial charge in [0, 0.05) is 5.39 Å². The number of fused-ring (bicyclic) bond motifs is 1. The zero-order valence-corrected chi connectivity index (χ0v) is 16.8. The van der Waals surface area contributed by atoms with Gasteiger partial charge in [-0.15, -0.1) is 0 Å². The van der Waals surface area contributed by atoms with E-state index < -0.39 is 17.6 Å². The van der Waals surface area contributed by atoms with Gasteiger partial charge in [-0.25, -0.2) is 4.79 Å². The van der Waals surface area contributed by atoms with Crippen molar-refractivity contribution in [2.75, 3.05) is 5.32 Å². The Balaban J connectivity index is 1.91. The molecule has 3 rings (SSSR count). The topological polar surface area (TPSA) is 64.6 Å². The Bertz CT molecular complexity index is 993. The number of rotatable bonds is 7. The maximum absolute atomic E-state index is 12.4. The van der Waals surface area contributed by atoms with Crippen molar-refractivity contribution in [2.45, 2.75) is 39.0 Å². The number of carbonyl (C=O) groups excluding carboxylic acids is 2. The number of hydrogen-bond donors (Lipinski definition) is 1. The molecule has 3 aromatic rings. The molecule has 0 spiro atoms. The Morgan fingerprint density at radius 3 is 2.38 bits per heavy atom. The van der Waals surface area contributed by atoms with Crippen LogP contribution in [0.5, 0.6) is 5.75 Å². The Labute approximate surface area is 170 Å². The highest BCUT2D eigenvalue weighted by Gasteiger charge is 2.26. The van der Waals surface area contributed by atoms with Crippen LogP contribution < -0.4 is 10.1 Å². The first kappa shape index (κ1) is 20.4. The van der Waals surface area contributed by atoms with E-state index >= 15 is 0 Å². The van der Waals surface area contributed by atoms with E-state index in [9.17, 15) is 9.59 Å². The fourth-order valence-corrected chi connectivity index (χ4v) is 2.92. The molecule has 0 aliphatic rings. The van der Waals surface area contributed by atoms with Crippen LogP contribution in [0.2, 0.25) is 0 Å². The van der Waals surface area contributed by atoms with Gasteiger partial charge in [-0.05, 0) is 37.8 Å². The fraction of sp³-hybridized carbons (Fsp3) is 0.250. The van der Waals surface area contributed by atoms with Crippen LogP contribution in [0.25, 0.3) is 10.8 Å². The zero-order valence-electron chi connectivity index (χ0n) is 16.8. The zero-order chi connectivity index (χ0) is 20.9. The molecule has 0 aromatic heterocycles. The number of nitrogens with one attached hydrogen (secondary N) is 1. The molecule has 1 atom stereocenters. The summed E-state index contributed by atoms with van der Waals surface area (Å²) in [6.07, 6.45) is 0.546. The van der Waals surface area contributed by atoms with E-state index in [1.54, 1.807) is 20.8 Å². The van der Waals surface area contributed by atoms with Gasteiger partial charge in [0.2, 0.25) is 0 Å². The molecule has 0 aliphatic carbocycles. The molecule has 5 nitrogen and oxygen atoms in total. The molecule has 0 aliphatic heterocycles. The first-order valence-corrected chi connectivity index (χ1v) is 9.50. The lowest BCUT2D eigenvalue weighted by molar-refractivity contribution is -0.156. The highest BCUT2D eigenvalue weighted by Crippen LogP contribution is 2.35. The highest BCUT2D eigenvalue weighted by molar-refractivity contribution is 5.99. The van der Waals surface area contributed by atoms with Crippen molar-refractivity contribution in [3.63, 3.8) is 0 Å². The smallest absolute Gasteiger partial charge is 0.336 e. The van der Waals surface area contributed by atoms with Gasteiger partial charge in [0.1, 0.15) is 12.2 Å². The lowest BCUT2D eigenvalue weighted by Crippen LogP contribution is -2.37. The third-order valence-corrected chi connectivity index (χ3v) is 4.21. The van der Waals surface area contributed by atoms with Gasteiger partial charge in [0.15, 0.2) is 18.1 Å². The molecule has 150 valence electrons. The maximum Gasteiger partial charge on any atom is 0.336 e. The monoisotopic (exact) mass is 391 g/mol. The first-order chi connectivity index (χ1) is 13.9. The largest absolute Gasteiger partial charge is 0.486 e. The number of esters is 1. The second kappa shape index (κ2) is 8.78. The number of ether oxygens (including phenoxy) is 2. The average Bonchev–Trinajstić information content (AvgIpc) is 2.70. The van der Waals surface area contributed by atoms with Crippen LogP contribution in [0.15, 0.2) is 66.7 Å². The van der Waals surface area contributed by atoms with Crippen molar-refractivity contribution in [1.82, 2.24) is 0 Å². The van der Waals surface area contributed by atoms with Gasteiger partial charge in [-0.1, -0.05) is 60.7 Å². The Hall–Kier alpha value is -3.34. The van der Waals surface area contributed by atoms with E-state index in [1.807, 2.05) is 66.7 Å². The lowest BCUT2D eigenvalue weighted by Gasteiger charge is -2.23. The molecule has 0 saturated heterocycles. The van der Waals surface area contributed by atoms with Crippen molar-refractivity contribution < 1.29 is 19.1 Å². The summed E-state index contributed by atoms with van der Waals surface area (Å²) in [5.41, 5.74) is 0.892. The SMILES string of the molecule is CC(C)(C)OC(=O)C(C=O)Nc1ccc2ccccc2c1OCc1ccccc1. The summed E-state index contributed by atoms with van der Waals surface area (Å²) in [4.78, 5) is 24.0. The molecule has 0 bridgehead atoms. The van der Waals surface area contributed by atoms with E-state index in [-0.39, 0.29) is 0 Å². The Morgan fingerprint density at radius 1 is 1.00 bits per heavy atom. The van der Waals surface area contributed by atoms with Crippen LogP contribution in [0.1, 0.15) is 26.3 Å². The van der Waals surface area contributed by atoms with Gasteiger partial charge in [-0.3, -0.25) is 0 Å². The molecule has 0 fully saturated rings. The third kappa shape index (κ3) is 5.35. The van der Waals surface area contributed by atoms with Crippen LogP contribution in [-0.2, 0) is 20.9 Å². The lowest BCUT2D eigenvalue weighted by atomic mass is 10.1. The molecule has 0 heterocycles. The summed E-state index contributed by atoms with van der Waals surface area (Å²) in [7, 11) is 0. The normalized spacial score (nSPS) is 12.2. The van der Waals surface area contributed by atoms with Crippen LogP contribution in [0.4, 0.5) is 5.69 Å². The van der Waals surface area contributed by atoms with Gasteiger partial charge in [-0.2, -0.15) is 0 Å². The fourth-order valence-electron chi connectivity index (χ4n) is 2.92. The van der Waals surface area contributed by atoms with Crippen molar-refractivity contribution in [3.05, 3.63) is 72.3 Å². The average molecular weight is 391 g/mol. The number of carbonyl (C=O) groups is 2. The second-order valence-electron chi connectivity index (χ2n) is 7.73. The predicted molar refractivity (Wildman–Crippen MR) is 114 cm³/mol. The summed E-state index contributed by atoms with van der Waals surface area (Å²) in [6.45, 7) is 5.65. The minimum atomic E-state index is -1.13. The van der Waals surface area contributed by atoms with E-state index in [0.29, 0.717) is 24.3 Å². The molecular formula is C24H25NO4. The van der Waals surface area contributed by atoms with Crippen LogP contribution in [-0.4, -0.2) is 23.9 Å². The summed E-state index contributed by atoms with van der Waals surface area (Å²) in [5, 5.41) is 4.87. The second-order valence-corrected chi connectivity index (χ2v) is 7.73. The molecule has 0 radical (unpaired) electrons. The molecule has 5 heteroatoms. The molecule has 0 saturated carbocycles. The molecule has 3 aromatic carbocycles. The van der Waals surface area contributed by atoms with Gasteiger partial charge >= 0.3 is 5.97 Å². The first-order valence-electron chi connectivity index (χ1n) is 9.50. The van der Waals surface area contributed by atoms with Gasteiger partial charge in [0.05, 0.1) is 5.69 Å². The van der Waals surface area contributed by atoms with Crippen LogP contribution in [0, 0.1) is 0 Å². The molecule has 1 N–H and O–H groups in total. The number of anilines is 1. The van der Waals surface area contributed by atoms with Crippen molar-refractivity contribution in [1.29, 1.82) is 0 Å². The number of hydrogen-bond acceptors (Lipinski definition) is 5. The van der Waals surface area contributed by atoms with E-state index in [4.69, 9.17) is 9.47 Å². The summed E-state index contributed by atoms with van der Waals surface area (Å²) in [6, 6.07) is 20.2. The number of benzene rings is 3. The van der Waals surface area contributed by atoms with Crippen molar-refractivity contribution in [2.24, 2.45) is 0 Å². The third-order valence-electron chi connectivity index (χ3n) is 4.21. The molecule has 0 amide bonds. The van der Waals surface area contributed by atoms with Crippen molar-refractivity contribution >= 4 is 28.7 Å². The Morgan fingerprint density at radius 2 is 1.69 bits per heavy atom. The molecule has 1 unspecified atom stereocenters. The maximum atomic E-state index is 12.4. The highest BCUT2D eigenvalue weighted by atomic mass is 16.6. The Kier molecular flexibility index (Phi) is 6.17. The minimum absolute atomic E-state index is 0.363. The standard InChI is InChI=1S/C24H25NO4/c1-24(2,3)29-23(27)21(15-26)25-20-14-13-18-11-7-8-12-19(18)22(20)28-16-17-9-5-4-6-10-17/h4-15,21,25H,16H2,1-3H3. The number of aldehydes is 1. The molecule has 29 heavy (non-hydrogen) atoms. The molecular weight excluding hydrogens is 366 g/mol. The predicted octanol–water partition coefficient (Wildman–Crippen LogP) is 4.74.